The number of aromatic nitrogens is 2. The van der Waals surface area contributed by atoms with Crippen molar-refractivity contribution < 1.29 is 19.2 Å². The fourth-order valence-electron chi connectivity index (χ4n) is 7.08. The molecule has 0 radical (unpaired) electrons. The van der Waals surface area contributed by atoms with Crippen LogP contribution in [-0.2, 0) is 46.7 Å². The highest BCUT2D eigenvalue weighted by Gasteiger charge is 2.35. The lowest BCUT2D eigenvalue weighted by Crippen LogP contribution is -2.55. The average molecular weight is 690 g/mol. The molecule has 4 aromatic rings. The van der Waals surface area contributed by atoms with E-state index >= 15 is 0 Å². The minimum Gasteiger partial charge on any atom is -0.344 e. The predicted molar refractivity (Wildman–Crippen MR) is 196 cm³/mol. The van der Waals surface area contributed by atoms with Crippen LogP contribution >= 0.6 is 0 Å². The lowest BCUT2D eigenvalue weighted by molar-refractivity contribution is -0.138. The van der Waals surface area contributed by atoms with Crippen LogP contribution in [0.25, 0.3) is 0 Å². The van der Waals surface area contributed by atoms with E-state index < -0.39 is 12.1 Å². The van der Waals surface area contributed by atoms with Crippen LogP contribution in [-0.4, -0.2) is 81.5 Å². The number of carbonyl (C=O) groups excluding carboxylic acids is 4. The Labute approximate surface area is 299 Å². The Morgan fingerprint density at radius 1 is 0.784 bits per heavy atom. The van der Waals surface area contributed by atoms with E-state index in [1.54, 1.807) is 36.0 Å². The Balaban J connectivity index is 1.10. The third kappa shape index (κ3) is 8.90. The first kappa shape index (κ1) is 35.5. The SMILES string of the molecule is CCC(=O)NC(Cc1ccc(NC(=O)C(NC(=O)c2ccnn2CC)C2Cc3ccccc3C2)cc1)C(=O)N1CCN(Cc2ccccc2)CC1. The fraction of sp³-hybridized carbons (Fsp3) is 0.375. The molecule has 1 fully saturated rings. The van der Waals surface area contributed by atoms with Crippen LogP contribution in [0, 0.1) is 5.92 Å². The molecule has 1 aliphatic carbocycles. The van der Waals surface area contributed by atoms with Crippen molar-refractivity contribution in [2.24, 2.45) is 5.92 Å². The Kier molecular flexibility index (Phi) is 11.6. The molecule has 2 unspecified atom stereocenters. The monoisotopic (exact) mass is 689 g/mol. The topological polar surface area (TPSA) is 129 Å². The average Bonchev–Trinajstić information content (AvgIpc) is 3.82. The van der Waals surface area contributed by atoms with Gasteiger partial charge in [-0.1, -0.05) is 73.7 Å². The summed E-state index contributed by atoms with van der Waals surface area (Å²) in [6.07, 6.45) is 3.56. The van der Waals surface area contributed by atoms with Gasteiger partial charge in [0.25, 0.3) is 5.91 Å². The van der Waals surface area contributed by atoms with Crippen molar-refractivity contribution in [2.45, 2.75) is 64.7 Å². The maximum Gasteiger partial charge on any atom is 0.270 e. The maximum atomic E-state index is 13.9. The van der Waals surface area contributed by atoms with E-state index in [0.717, 1.165) is 25.2 Å². The summed E-state index contributed by atoms with van der Waals surface area (Å²) >= 11 is 0. The van der Waals surface area contributed by atoms with Crippen molar-refractivity contribution in [3.8, 4) is 0 Å². The van der Waals surface area contributed by atoms with Gasteiger partial charge in [0.05, 0.1) is 0 Å². The van der Waals surface area contributed by atoms with Gasteiger partial charge >= 0.3 is 0 Å². The molecule has 6 rings (SSSR count). The number of fused-ring (bicyclic) bond motifs is 1. The number of rotatable bonds is 13. The zero-order chi connectivity index (χ0) is 35.7. The highest BCUT2D eigenvalue weighted by atomic mass is 16.2. The second-order valence-corrected chi connectivity index (χ2v) is 13.4. The van der Waals surface area contributed by atoms with E-state index in [2.05, 4.69) is 50.2 Å². The summed E-state index contributed by atoms with van der Waals surface area (Å²) in [5.74, 6) is -1.02. The molecule has 1 saturated heterocycles. The lowest BCUT2D eigenvalue weighted by Gasteiger charge is -2.36. The van der Waals surface area contributed by atoms with Crippen LogP contribution in [0.1, 0.15) is 53.0 Å². The molecule has 1 aliphatic heterocycles. The zero-order valence-electron chi connectivity index (χ0n) is 29.4. The van der Waals surface area contributed by atoms with E-state index in [1.807, 2.05) is 54.3 Å². The number of hydrogen-bond acceptors (Lipinski definition) is 6. The largest absolute Gasteiger partial charge is 0.344 e. The third-order valence-corrected chi connectivity index (χ3v) is 9.92. The van der Waals surface area contributed by atoms with Gasteiger partial charge < -0.3 is 20.9 Å². The first-order chi connectivity index (χ1) is 24.8. The van der Waals surface area contributed by atoms with Crippen molar-refractivity contribution >= 4 is 29.3 Å². The normalized spacial score (nSPS) is 15.8. The van der Waals surface area contributed by atoms with Crippen LogP contribution in [0.3, 0.4) is 0 Å². The lowest BCUT2D eigenvalue weighted by atomic mass is 9.95. The first-order valence-corrected chi connectivity index (χ1v) is 17.9. The molecule has 2 atom stereocenters. The number of benzene rings is 3. The summed E-state index contributed by atoms with van der Waals surface area (Å²) in [7, 11) is 0. The van der Waals surface area contributed by atoms with Gasteiger partial charge in [0.2, 0.25) is 17.7 Å². The van der Waals surface area contributed by atoms with E-state index in [4.69, 9.17) is 0 Å². The van der Waals surface area contributed by atoms with E-state index in [-0.39, 0.29) is 36.0 Å². The number of aryl methyl sites for hydroxylation is 1. The highest BCUT2D eigenvalue weighted by Crippen LogP contribution is 2.29. The van der Waals surface area contributed by atoms with Gasteiger partial charge in [-0.15, -0.1) is 0 Å². The predicted octanol–water partition coefficient (Wildman–Crippen LogP) is 3.84. The van der Waals surface area contributed by atoms with Crippen LogP contribution in [0.2, 0.25) is 0 Å². The number of nitrogens with one attached hydrogen (secondary N) is 3. The summed E-state index contributed by atoms with van der Waals surface area (Å²) in [6.45, 7) is 7.78. The molecule has 11 nitrogen and oxygen atoms in total. The number of amides is 4. The summed E-state index contributed by atoms with van der Waals surface area (Å²) in [5, 5.41) is 13.2. The minimum absolute atomic E-state index is 0.0888. The summed E-state index contributed by atoms with van der Waals surface area (Å²) in [5.41, 5.74) is 5.45. The number of anilines is 1. The van der Waals surface area contributed by atoms with Gasteiger partial charge in [-0.2, -0.15) is 5.10 Å². The first-order valence-electron chi connectivity index (χ1n) is 17.9. The Morgan fingerprint density at radius 2 is 1.45 bits per heavy atom. The van der Waals surface area contributed by atoms with Crippen LogP contribution in [0.5, 0.6) is 0 Å². The van der Waals surface area contributed by atoms with Gasteiger partial charge in [0, 0.05) is 64.0 Å². The Bertz CT molecular complexity index is 1790. The third-order valence-electron chi connectivity index (χ3n) is 9.92. The van der Waals surface area contributed by atoms with Gasteiger partial charge in [-0.3, -0.25) is 28.8 Å². The molecule has 2 aliphatic rings. The standard InChI is InChI=1S/C40H47N7O4/c1-3-36(48)43-34(40(51)46-22-20-45(21-23-46)27-29-10-6-5-7-11-29)24-28-14-16-33(17-15-28)42-39(50)37(32-25-30-12-8-9-13-31(30)26-32)44-38(49)35-18-19-41-47(35)4-2/h5-19,32,34,37H,3-4,20-27H2,1-2H3,(H,42,50)(H,43,48)(H,44,49). The molecule has 3 aromatic carbocycles. The Morgan fingerprint density at radius 3 is 2.10 bits per heavy atom. The molecule has 0 saturated carbocycles. The number of nitrogens with zero attached hydrogens (tertiary/aromatic N) is 4. The van der Waals surface area contributed by atoms with Gasteiger partial charge in [0.15, 0.2) is 0 Å². The summed E-state index contributed by atoms with van der Waals surface area (Å²) in [6, 6.07) is 26.0. The van der Waals surface area contributed by atoms with Gasteiger partial charge in [0.1, 0.15) is 17.8 Å². The molecular formula is C40H47N7O4. The fourth-order valence-corrected chi connectivity index (χ4v) is 7.08. The van der Waals surface area contributed by atoms with E-state index in [0.29, 0.717) is 50.3 Å². The second kappa shape index (κ2) is 16.6. The highest BCUT2D eigenvalue weighted by molar-refractivity contribution is 6.00. The van der Waals surface area contributed by atoms with Crippen molar-refractivity contribution in [2.75, 3.05) is 31.5 Å². The molecule has 2 heterocycles. The van der Waals surface area contributed by atoms with Crippen molar-refractivity contribution in [3.05, 3.63) is 119 Å². The number of piperazine rings is 1. The number of hydrogen-bond donors (Lipinski definition) is 3. The smallest absolute Gasteiger partial charge is 0.270 e. The quantitative estimate of drug-likeness (QED) is 0.196. The van der Waals surface area contributed by atoms with Gasteiger partial charge in [-0.05, 0) is 66.1 Å². The van der Waals surface area contributed by atoms with Gasteiger partial charge in [-0.25, -0.2) is 0 Å². The zero-order valence-corrected chi connectivity index (χ0v) is 29.4. The molecule has 51 heavy (non-hydrogen) atoms. The van der Waals surface area contributed by atoms with E-state index in [9.17, 15) is 19.2 Å². The molecule has 266 valence electrons. The Hall–Kier alpha value is -5.29. The molecule has 0 bridgehead atoms. The summed E-state index contributed by atoms with van der Waals surface area (Å²) < 4.78 is 1.61. The second-order valence-electron chi connectivity index (χ2n) is 13.4. The van der Waals surface area contributed by atoms with Crippen molar-refractivity contribution in [1.82, 2.24) is 30.2 Å². The molecule has 11 heteroatoms. The number of carbonyl (C=O) groups is 4. The molecule has 3 N–H and O–H groups in total. The van der Waals surface area contributed by atoms with Crippen molar-refractivity contribution in [3.63, 3.8) is 0 Å². The molecule has 1 aromatic heterocycles. The maximum absolute atomic E-state index is 13.9. The van der Waals surface area contributed by atoms with E-state index in [1.165, 1.54) is 16.7 Å². The van der Waals surface area contributed by atoms with Crippen LogP contribution in [0.4, 0.5) is 5.69 Å². The molecular weight excluding hydrogens is 642 g/mol. The van der Waals surface area contributed by atoms with Crippen molar-refractivity contribution in [1.29, 1.82) is 0 Å². The molecule has 0 spiro atoms. The molecule has 4 amide bonds. The van der Waals surface area contributed by atoms with Crippen LogP contribution < -0.4 is 16.0 Å². The summed E-state index contributed by atoms with van der Waals surface area (Å²) in [4.78, 5) is 57.6. The van der Waals surface area contributed by atoms with Crippen LogP contribution in [0.15, 0.2) is 91.1 Å². The minimum atomic E-state index is -0.774.